The lowest BCUT2D eigenvalue weighted by molar-refractivity contribution is -0.132. The molecule has 0 bridgehead atoms. The quantitative estimate of drug-likeness (QED) is 0.829. The molecule has 0 saturated heterocycles. The van der Waals surface area contributed by atoms with E-state index in [1.165, 1.54) is 25.1 Å². The molecule has 120 valence electrons. The minimum absolute atomic E-state index is 0.0224. The SMILES string of the molecule is C[C@H](Oc1ccccc1F)C(=O)NNC(=O)Cc1ccccc1. The average Bonchev–Trinajstić information content (AvgIpc) is 2.55. The summed E-state index contributed by atoms with van der Waals surface area (Å²) in [7, 11) is 0. The zero-order chi connectivity index (χ0) is 16.7. The van der Waals surface area contributed by atoms with Gasteiger partial charge in [-0.1, -0.05) is 42.5 Å². The number of ether oxygens (including phenoxy) is 1. The fourth-order valence-electron chi connectivity index (χ4n) is 1.84. The smallest absolute Gasteiger partial charge is 0.279 e. The number of halogens is 1. The molecule has 0 aliphatic rings. The van der Waals surface area contributed by atoms with Crippen LogP contribution in [0.3, 0.4) is 0 Å². The highest BCUT2D eigenvalue weighted by Crippen LogP contribution is 2.16. The molecule has 0 aromatic heterocycles. The van der Waals surface area contributed by atoms with Gasteiger partial charge in [-0.15, -0.1) is 0 Å². The predicted molar refractivity (Wildman–Crippen MR) is 82.9 cm³/mol. The molecule has 0 aliphatic carbocycles. The molecule has 2 rings (SSSR count). The summed E-state index contributed by atoms with van der Waals surface area (Å²) in [4.78, 5) is 23.6. The largest absolute Gasteiger partial charge is 0.478 e. The number of carbonyl (C=O) groups is 2. The number of para-hydroxylation sites is 1. The molecule has 1 atom stereocenters. The van der Waals surface area contributed by atoms with Crippen LogP contribution in [0.25, 0.3) is 0 Å². The van der Waals surface area contributed by atoms with Gasteiger partial charge in [-0.2, -0.15) is 0 Å². The Hall–Kier alpha value is -2.89. The first-order valence-corrected chi connectivity index (χ1v) is 7.10. The van der Waals surface area contributed by atoms with Crippen molar-refractivity contribution in [3.63, 3.8) is 0 Å². The summed E-state index contributed by atoms with van der Waals surface area (Å²) in [6.07, 6.45) is -0.812. The number of hydrogen-bond donors (Lipinski definition) is 2. The number of amides is 2. The van der Waals surface area contributed by atoms with Gasteiger partial charge in [0.1, 0.15) is 0 Å². The van der Waals surface area contributed by atoms with Crippen LogP contribution in [0.15, 0.2) is 54.6 Å². The molecule has 0 radical (unpaired) electrons. The maximum Gasteiger partial charge on any atom is 0.279 e. The molecule has 5 nitrogen and oxygen atoms in total. The summed E-state index contributed by atoms with van der Waals surface area (Å²) >= 11 is 0. The third-order valence-corrected chi connectivity index (χ3v) is 3.04. The Morgan fingerprint density at radius 2 is 1.70 bits per heavy atom. The molecule has 2 amide bonds. The Morgan fingerprint density at radius 1 is 1.04 bits per heavy atom. The van der Waals surface area contributed by atoms with Crippen LogP contribution in [0, 0.1) is 5.82 Å². The maximum atomic E-state index is 13.4. The van der Waals surface area contributed by atoms with Crippen LogP contribution < -0.4 is 15.6 Å². The van der Waals surface area contributed by atoms with Crippen LogP contribution in [0.5, 0.6) is 5.75 Å². The summed E-state index contributed by atoms with van der Waals surface area (Å²) in [5.41, 5.74) is 5.38. The molecule has 23 heavy (non-hydrogen) atoms. The monoisotopic (exact) mass is 316 g/mol. The van der Waals surface area contributed by atoms with Gasteiger partial charge < -0.3 is 4.74 Å². The molecule has 0 saturated carbocycles. The zero-order valence-electron chi connectivity index (χ0n) is 12.6. The lowest BCUT2D eigenvalue weighted by Gasteiger charge is -2.15. The van der Waals surface area contributed by atoms with Gasteiger partial charge in [0, 0.05) is 0 Å². The Morgan fingerprint density at radius 3 is 2.39 bits per heavy atom. The van der Waals surface area contributed by atoms with Gasteiger partial charge >= 0.3 is 0 Å². The molecular weight excluding hydrogens is 299 g/mol. The van der Waals surface area contributed by atoms with Crippen molar-refractivity contribution >= 4 is 11.8 Å². The number of carbonyl (C=O) groups excluding carboxylic acids is 2. The predicted octanol–water partition coefficient (Wildman–Crippen LogP) is 1.98. The first kappa shape index (κ1) is 16.5. The summed E-state index contributed by atoms with van der Waals surface area (Å²) in [6, 6.07) is 14.9. The molecular formula is C17H17FN2O3. The highest BCUT2D eigenvalue weighted by atomic mass is 19.1. The van der Waals surface area contributed by atoms with Gasteiger partial charge in [-0.25, -0.2) is 4.39 Å². The second kappa shape index (κ2) is 7.93. The van der Waals surface area contributed by atoms with E-state index in [1.807, 2.05) is 30.3 Å². The zero-order valence-corrected chi connectivity index (χ0v) is 12.6. The normalized spacial score (nSPS) is 11.4. The second-order valence-corrected chi connectivity index (χ2v) is 4.89. The summed E-state index contributed by atoms with van der Waals surface area (Å²) in [5, 5.41) is 0. The van der Waals surface area contributed by atoms with Crippen LogP contribution in [0.1, 0.15) is 12.5 Å². The van der Waals surface area contributed by atoms with E-state index in [9.17, 15) is 14.0 Å². The number of hydrazine groups is 1. The number of rotatable bonds is 5. The van der Waals surface area contributed by atoms with E-state index >= 15 is 0 Å². The average molecular weight is 316 g/mol. The molecule has 2 aromatic rings. The minimum Gasteiger partial charge on any atom is -0.478 e. The van der Waals surface area contributed by atoms with Crippen LogP contribution >= 0.6 is 0 Å². The number of nitrogens with one attached hydrogen (secondary N) is 2. The van der Waals surface area contributed by atoms with Gasteiger partial charge in [0.15, 0.2) is 17.7 Å². The van der Waals surface area contributed by atoms with Crippen molar-refractivity contribution in [2.75, 3.05) is 0 Å². The van der Waals surface area contributed by atoms with Gasteiger partial charge in [0.05, 0.1) is 6.42 Å². The lowest BCUT2D eigenvalue weighted by Crippen LogP contribution is -2.47. The van der Waals surface area contributed by atoms with E-state index in [0.717, 1.165) is 5.56 Å². The lowest BCUT2D eigenvalue weighted by atomic mass is 10.1. The van der Waals surface area contributed by atoms with E-state index in [1.54, 1.807) is 6.07 Å². The van der Waals surface area contributed by atoms with Crippen LogP contribution in [0.2, 0.25) is 0 Å². The third kappa shape index (κ3) is 5.10. The Kier molecular flexibility index (Phi) is 5.68. The van der Waals surface area contributed by atoms with Crippen molar-refractivity contribution in [2.45, 2.75) is 19.4 Å². The van der Waals surface area contributed by atoms with Crippen molar-refractivity contribution in [2.24, 2.45) is 0 Å². The molecule has 2 aromatic carbocycles. The molecule has 0 fully saturated rings. The molecule has 0 unspecified atom stereocenters. The second-order valence-electron chi connectivity index (χ2n) is 4.89. The Labute approximate surface area is 133 Å². The topological polar surface area (TPSA) is 67.4 Å². The molecule has 0 heterocycles. The standard InChI is InChI=1S/C17H17FN2O3/c1-12(23-15-10-6-5-9-14(15)18)17(22)20-19-16(21)11-13-7-3-2-4-8-13/h2-10,12H,11H2,1H3,(H,19,21)(H,20,22)/t12-/m0/s1. The van der Waals surface area contributed by atoms with E-state index in [4.69, 9.17) is 4.74 Å². The van der Waals surface area contributed by atoms with E-state index in [2.05, 4.69) is 10.9 Å². The van der Waals surface area contributed by atoms with Crippen LogP contribution in [-0.4, -0.2) is 17.9 Å². The summed E-state index contributed by atoms with van der Waals surface area (Å²) < 4.78 is 18.7. The highest BCUT2D eigenvalue weighted by Gasteiger charge is 2.17. The van der Waals surface area contributed by atoms with E-state index < -0.39 is 17.8 Å². The minimum atomic E-state index is -0.955. The Balaban J connectivity index is 1.80. The maximum absolute atomic E-state index is 13.4. The van der Waals surface area contributed by atoms with Gasteiger partial charge in [-0.05, 0) is 24.6 Å². The van der Waals surface area contributed by atoms with E-state index in [0.29, 0.717) is 0 Å². The first-order chi connectivity index (χ1) is 11.1. The van der Waals surface area contributed by atoms with Crippen molar-refractivity contribution in [3.05, 3.63) is 66.0 Å². The van der Waals surface area contributed by atoms with Crippen molar-refractivity contribution in [3.8, 4) is 5.75 Å². The van der Waals surface area contributed by atoms with Crippen molar-refractivity contribution in [1.29, 1.82) is 0 Å². The van der Waals surface area contributed by atoms with Crippen LogP contribution in [-0.2, 0) is 16.0 Å². The fourth-order valence-corrected chi connectivity index (χ4v) is 1.84. The van der Waals surface area contributed by atoms with Gasteiger partial charge in [0.2, 0.25) is 5.91 Å². The first-order valence-electron chi connectivity index (χ1n) is 7.10. The van der Waals surface area contributed by atoms with E-state index in [-0.39, 0.29) is 18.1 Å². The number of benzene rings is 2. The van der Waals surface area contributed by atoms with Crippen LogP contribution in [0.4, 0.5) is 4.39 Å². The molecule has 2 N–H and O–H groups in total. The molecule has 0 spiro atoms. The van der Waals surface area contributed by atoms with Gasteiger partial charge in [0.25, 0.3) is 5.91 Å². The summed E-state index contributed by atoms with van der Waals surface area (Å²) in [6.45, 7) is 1.46. The summed E-state index contributed by atoms with van der Waals surface area (Å²) in [5.74, 6) is -1.51. The van der Waals surface area contributed by atoms with Gasteiger partial charge in [-0.3, -0.25) is 20.4 Å². The highest BCUT2D eigenvalue weighted by molar-refractivity contribution is 5.85. The third-order valence-electron chi connectivity index (χ3n) is 3.04. The molecule has 0 aliphatic heterocycles. The number of hydrogen-bond acceptors (Lipinski definition) is 3. The fraction of sp³-hybridized carbons (Fsp3) is 0.176. The molecule has 6 heteroatoms. The Bertz CT molecular complexity index is 677. The van der Waals surface area contributed by atoms with Crippen molar-refractivity contribution < 1.29 is 18.7 Å². The van der Waals surface area contributed by atoms with Crippen molar-refractivity contribution in [1.82, 2.24) is 10.9 Å².